The number of rotatable bonds is 7. The Bertz CT molecular complexity index is 1280. The van der Waals surface area contributed by atoms with Crippen molar-refractivity contribution in [1.82, 2.24) is 25.1 Å². The maximum absolute atomic E-state index is 12.7. The minimum absolute atomic E-state index is 0.176. The average Bonchev–Trinajstić information content (AvgIpc) is 3.31. The Morgan fingerprint density at radius 3 is 2.68 bits per heavy atom. The Balaban J connectivity index is 1.18. The first kappa shape index (κ1) is 22.0. The van der Waals surface area contributed by atoms with Gasteiger partial charge in [0.1, 0.15) is 11.5 Å². The molecule has 2 N–H and O–H groups in total. The van der Waals surface area contributed by atoms with E-state index in [4.69, 9.17) is 4.74 Å². The molecule has 1 fully saturated rings. The van der Waals surface area contributed by atoms with E-state index < -0.39 is 0 Å². The van der Waals surface area contributed by atoms with Gasteiger partial charge in [-0.3, -0.25) is 9.48 Å². The number of nitrogens with one attached hydrogen (secondary N) is 2. The van der Waals surface area contributed by atoms with Gasteiger partial charge in [-0.1, -0.05) is 24.3 Å². The van der Waals surface area contributed by atoms with Gasteiger partial charge in [0.15, 0.2) is 0 Å². The quantitative estimate of drug-likeness (QED) is 0.441. The zero-order chi connectivity index (χ0) is 23.3. The van der Waals surface area contributed by atoms with E-state index in [0.717, 1.165) is 65.9 Å². The van der Waals surface area contributed by atoms with Crippen LogP contribution < -0.4 is 10.6 Å². The maximum atomic E-state index is 12.7. The van der Waals surface area contributed by atoms with Crippen molar-refractivity contribution in [2.45, 2.75) is 25.3 Å². The first-order valence-electron chi connectivity index (χ1n) is 11.6. The molecule has 1 saturated heterocycles. The lowest BCUT2D eigenvalue weighted by Crippen LogP contribution is -2.28. The predicted molar refractivity (Wildman–Crippen MR) is 132 cm³/mol. The molecule has 0 saturated carbocycles. The van der Waals surface area contributed by atoms with E-state index in [0.29, 0.717) is 18.3 Å². The average molecular weight is 457 g/mol. The lowest BCUT2D eigenvalue weighted by Gasteiger charge is -2.23. The van der Waals surface area contributed by atoms with Crippen LogP contribution in [0.4, 0.5) is 5.82 Å². The SMILES string of the molecule is Cn1cc(-c2ccc(CCNC(=O)c3ccc4cnc(NC5CCOCC5)cc4n3)cc2)cn1. The van der Waals surface area contributed by atoms with Gasteiger partial charge in [-0.05, 0) is 42.5 Å². The van der Waals surface area contributed by atoms with Gasteiger partial charge in [0.05, 0.1) is 11.7 Å². The Labute approximate surface area is 198 Å². The summed E-state index contributed by atoms with van der Waals surface area (Å²) < 4.78 is 7.21. The maximum Gasteiger partial charge on any atom is 0.269 e. The molecule has 174 valence electrons. The lowest BCUT2D eigenvalue weighted by atomic mass is 10.1. The number of hydrogen-bond acceptors (Lipinski definition) is 6. The van der Waals surface area contributed by atoms with Gasteiger partial charge in [0.25, 0.3) is 5.91 Å². The fourth-order valence-electron chi connectivity index (χ4n) is 4.12. The Morgan fingerprint density at radius 2 is 1.91 bits per heavy atom. The number of aromatic nitrogens is 4. The van der Waals surface area contributed by atoms with Gasteiger partial charge in [0.2, 0.25) is 0 Å². The molecule has 0 aliphatic carbocycles. The molecule has 4 heterocycles. The first-order chi connectivity index (χ1) is 16.6. The van der Waals surface area contributed by atoms with Crippen LogP contribution in [0.3, 0.4) is 0 Å². The third-order valence-corrected chi connectivity index (χ3v) is 6.07. The Hall–Kier alpha value is -3.78. The fraction of sp³-hybridized carbons (Fsp3) is 0.308. The molecule has 0 spiro atoms. The largest absolute Gasteiger partial charge is 0.381 e. The lowest BCUT2D eigenvalue weighted by molar-refractivity contribution is 0.0903. The van der Waals surface area contributed by atoms with Crippen molar-refractivity contribution in [1.29, 1.82) is 0 Å². The monoisotopic (exact) mass is 456 g/mol. The highest BCUT2D eigenvalue weighted by atomic mass is 16.5. The molecule has 0 atom stereocenters. The molecule has 8 heteroatoms. The summed E-state index contributed by atoms with van der Waals surface area (Å²) in [6.07, 6.45) is 8.30. The van der Waals surface area contributed by atoms with Crippen LogP contribution in [-0.4, -0.2) is 51.5 Å². The molecule has 0 bridgehead atoms. The molecule has 1 amide bonds. The minimum Gasteiger partial charge on any atom is -0.381 e. The number of anilines is 1. The summed E-state index contributed by atoms with van der Waals surface area (Å²) in [7, 11) is 1.91. The number of hydrogen-bond donors (Lipinski definition) is 2. The van der Waals surface area contributed by atoms with E-state index in [9.17, 15) is 4.79 Å². The third-order valence-electron chi connectivity index (χ3n) is 6.07. The van der Waals surface area contributed by atoms with Crippen molar-refractivity contribution >= 4 is 22.6 Å². The topological polar surface area (TPSA) is 94.0 Å². The molecule has 4 aromatic rings. The Morgan fingerprint density at radius 1 is 1.09 bits per heavy atom. The van der Waals surface area contributed by atoms with Crippen molar-refractivity contribution in [3.63, 3.8) is 0 Å². The molecular formula is C26H28N6O2. The van der Waals surface area contributed by atoms with Crippen molar-refractivity contribution in [2.24, 2.45) is 7.05 Å². The van der Waals surface area contributed by atoms with Crippen molar-refractivity contribution < 1.29 is 9.53 Å². The van der Waals surface area contributed by atoms with E-state index in [1.807, 2.05) is 31.6 Å². The number of carbonyl (C=O) groups excluding carboxylic acids is 1. The van der Waals surface area contributed by atoms with Crippen LogP contribution in [0.5, 0.6) is 0 Å². The number of ether oxygens (including phenoxy) is 1. The number of aryl methyl sites for hydroxylation is 1. The summed E-state index contributed by atoms with van der Waals surface area (Å²) in [6, 6.07) is 14.2. The summed E-state index contributed by atoms with van der Waals surface area (Å²) >= 11 is 0. The van der Waals surface area contributed by atoms with Gasteiger partial charge < -0.3 is 15.4 Å². The van der Waals surface area contributed by atoms with Crippen LogP contribution in [0.2, 0.25) is 0 Å². The highest BCUT2D eigenvalue weighted by Gasteiger charge is 2.14. The van der Waals surface area contributed by atoms with Crippen molar-refractivity contribution in [2.75, 3.05) is 25.1 Å². The molecular weight excluding hydrogens is 428 g/mol. The second-order valence-corrected chi connectivity index (χ2v) is 8.60. The molecule has 34 heavy (non-hydrogen) atoms. The summed E-state index contributed by atoms with van der Waals surface area (Å²) in [6.45, 7) is 2.07. The van der Waals surface area contributed by atoms with Crippen molar-refractivity contribution in [3.8, 4) is 11.1 Å². The van der Waals surface area contributed by atoms with Crippen LogP contribution in [0.25, 0.3) is 22.0 Å². The molecule has 1 aromatic carbocycles. The molecule has 8 nitrogen and oxygen atoms in total. The number of nitrogens with zero attached hydrogens (tertiary/aromatic N) is 4. The van der Waals surface area contributed by atoms with Gasteiger partial charge in [-0.25, -0.2) is 9.97 Å². The molecule has 1 aliphatic heterocycles. The summed E-state index contributed by atoms with van der Waals surface area (Å²) in [5.41, 5.74) is 4.53. The summed E-state index contributed by atoms with van der Waals surface area (Å²) in [5, 5.41) is 11.6. The van der Waals surface area contributed by atoms with Gasteiger partial charge in [-0.2, -0.15) is 5.10 Å². The van der Waals surface area contributed by atoms with Crippen LogP contribution >= 0.6 is 0 Å². The van der Waals surface area contributed by atoms with Crippen LogP contribution in [0.15, 0.2) is 61.1 Å². The van der Waals surface area contributed by atoms with Gasteiger partial charge >= 0.3 is 0 Å². The molecule has 3 aromatic heterocycles. The van der Waals surface area contributed by atoms with E-state index in [1.54, 1.807) is 16.9 Å². The van der Waals surface area contributed by atoms with Crippen molar-refractivity contribution in [3.05, 3.63) is 72.3 Å². The number of amides is 1. The predicted octanol–water partition coefficient (Wildman–Crippen LogP) is 3.59. The molecule has 0 radical (unpaired) electrons. The second-order valence-electron chi connectivity index (χ2n) is 8.60. The summed E-state index contributed by atoms with van der Waals surface area (Å²) in [4.78, 5) is 21.8. The summed E-state index contributed by atoms with van der Waals surface area (Å²) in [5.74, 6) is 0.601. The minimum atomic E-state index is -0.176. The molecule has 1 aliphatic rings. The number of pyridine rings is 2. The molecule has 5 rings (SSSR count). The number of benzene rings is 1. The zero-order valence-electron chi connectivity index (χ0n) is 19.2. The fourth-order valence-corrected chi connectivity index (χ4v) is 4.12. The second kappa shape index (κ2) is 10.0. The third kappa shape index (κ3) is 5.23. The van der Waals surface area contributed by atoms with E-state index in [-0.39, 0.29) is 5.91 Å². The number of fused-ring (bicyclic) bond motifs is 1. The highest BCUT2D eigenvalue weighted by molar-refractivity contribution is 5.95. The zero-order valence-corrected chi connectivity index (χ0v) is 19.2. The van der Waals surface area contributed by atoms with Crippen LogP contribution in [0.1, 0.15) is 28.9 Å². The van der Waals surface area contributed by atoms with Gasteiger partial charge in [0, 0.05) is 62.3 Å². The van der Waals surface area contributed by atoms with E-state index >= 15 is 0 Å². The number of carbonyl (C=O) groups is 1. The van der Waals surface area contributed by atoms with Crippen LogP contribution in [-0.2, 0) is 18.2 Å². The van der Waals surface area contributed by atoms with Crippen LogP contribution in [0, 0.1) is 0 Å². The first-order valence-corrected chi connectivity index (χ1v) is 11.6. The highest BCUT2D eigenvalue weighted by Crippen LogP contribution is 2.20. The van der Waals surface area contributed by atoms with E-state index in [1.165, 1.54) is 0 Å². The van der Waals surface area contributed by atoms with E-state index in [2.05, 4.69) is 50.0 Å². The molecule has 0 unspecified atom stereocenters. The smallest absolute Gasteiger partial charge is 0.269 e. The standard InChI is InChI=1S/C26H28N6O2/c1-32-17-21(16-29-32)19-4-2-18(3-5-19)8-11-27-26(33)23-7-6-20-15-28-25(14-24(20)31-23)30-22-9-12-34-13-10-22/h2-7,14-17,22H,8-13H2,1H3,(H,27,33)(H,28,30). The normalized spacial score (nSPS) is 14.3. The Kier molecular flexibility index (Phi) is 6.49. The van der Waals surface area contributed by atoms with Gasteiger partial charge in [-0.15, -0.1) is 0 Å².